The van der Waals surface area contributed by atoms with Crippen LogP contribution in [0.5, 0.6) is 0 Å². The second kappa shape index (κ2) is 15.6. The minimum absolute atomic E-state index is 0.390. The number of aromatic nitrogens is 2. The third-order valence-electron chi connectivity index (χ3n) is 14.3. The highest BCUT2D eigenvalue weighted by atomic mass is 15.2. The summed E-state index contributed by atoms with van der Waals surface area (Å²) in [5, 5.41) is 2.57. The number of nitrogens with zero attached hydrogens (tertiary/aromatic N) is 3. The molecule has 4 aromatic carbocycles. The third kappa shape index (κ3) is 6.54. The van der Waals surface area contributed by atoms with Crippen molar-refractivity contribution in [3.63, 3.8) is 0 Å². The fourth-order valence-electron chi connectivity index (χ4n) is 11.4. The summed E-state index contributed by atoms with van der Waals surface area (Å²) in [6, 6.07) is 42.8. The molecule has 4 atom stereocenters. The number of rotatable bonds is 7. The zero-order chi connectivity index (χ0) is 41.0. The highest BCUT2D eigenvalue weighted by molar-refractivity contribution is 6.10. The van der Waals surface area contributed by atoms with E-state index in [9.17, 15) is 0 Å². The molecule has 0 N–H and O–H groups in total. The fraction of sp³-hybridized carbons (Fsp3) is 0.203. The first-order valence-electron chi connectivity index (χ1n) is 22.9. The lowest BCUT2D eigenvalue weighted by Gasteiger charge is -2.36. The number of pyridine rings is 1. The van der Waals surface area contributed by atoms with Crippen molar-refractivity contribution in [2.45, 2.75) is 57.4 Å². The number of hydrogen-bond acceptors (Lipinski definition) is 2. The van der Waals surface area contributed by atoms with Gasteiger partial charge in [-0.05, 0) is 128 Å². The van der Waals surface area contributed by atoms with Crippen molar-refractivity contribution >= 4 is 38.5 Å². The smallest absolute Gasteiger partial charge is 0.0730 e. The molecule has 1 saturated heterocycles. The summed E-state index contributed by atoms with van der Waals surface area (Å²) >= 11 is 0. The summed E-state index contributed by atoms with van der Waals surface area (Å²) in [6.07, 6.45) is 37.8. The first kappa shape index (κ1) is 37.1. The second-order valence-corrected chi connectivity index (χ2v) is 18.0. The first-order valence-corrected chi connectivity index (χ1v) is 22.9. The number of benzene rings is 4. The van der Waals surface area contributed by atoms with Gasteiger partial charge in [-0.15, -0.1) is 0 Å². The molecule has 1 fully saturated rings. The SMILES string of the molecule is C1=CCCC(C2C=C(c3ccccc3)C=C(N3C4=CC=C(c5ccc6c(c5)c5ccccc5n6-c5cc(C6=CCCC=C6)nc(-c6ccccc6)c5)CC4C4CCC=CC43)C2)=C1. The molecule has 3 heteroatoms. The Bertz CT molecular complexity index is 3030. The van der Waals surface area contributed by atoms with Crippen LogP contribution in [0, 0.1) is 17.8 Å². The molecule has 0 radical (unpaired) electrons. The van der Waals surface area contributed by atoms with Gasteiger partial charge in [0.25, 0.3) is 0 Å². The molecule has 4 unspecified atom stereocenters. The van der Waals surface area contributed by atoms with E-state index in [0.29, 0.717) is 23.8 Å². The van der Waals surface area contributed by atoms with Gasteiger partial charge in [0.05, 0.1) is 34.2 Å². The third-order valence-corrected chi connectivity index (χ3v) is 14.3. The standard InChI is InChI=1S/C59H51N3/c1-5-17-40(18-6-1)46-33-47(41-19-7-2-8-20-41)35-48(34-46)61-56-27-15-13-25-50(56)52-36-44(29-31-58(52)61)45-30-32-59-53(37-45)51-26-14-16-28-57(51)62(59)49-38-54(42-21-9-3-10-22-42)60-55(39-49)43-23-11-4-12-24-43/h1-3,5-7,9-11,14-19,21-24,26-34,37-39,47,50,52,56H,4,8,12-13,20,25,35-36H2. The molecule has 0 spiro atoms. The summed E-state index contributed by atoms with van der Waals surface area (Å²) in [7, 11) is 0. The van der Waals surface area contributed by atoms with E-state index in [1.54, 1.807) is 5.57 Å². The molecule has 2 aromatic heterocycles. The van der Waals surface area contributed by atoms with Crippen molar-refractivity contribution in [3.05, 3.63) is 222 Å². The zero-order valence-corrected chi connectivity index (χ0v) is 35.2. The number of likely N-dealkylation sites (tertiary alicyclic amines) is 1. The summed E-state index contributed by atoms with van der Waals surface area (Å²) in [6.45, 7) is 0. The van der Waals surface area contributed by atoms with Crippen molar-refractivity contribution in [1.29, 1.82) is 0 Å². The number of hydrogen-bond donors (Lipinski definition) is 0. The van der Waals surface area contributed by atoms with Gasteiger partial charge >= 0.3 is 0 Å². The van der Waals surface area contributed by atoms with E-state index in [1.807, 2.05) is 0 Å². The lowest BCUT2D eigenvalue weighted by atomic mass is 9.77. The van der Waals surface area contributed by atoms with E-state index in [4.69, 9.17) is 4.98 Å². The van der Waals surface area contributed by atoms with Crippen LogP contribution in [-0.4, -0.2) is 20.5 Å². The lowest BCUT2D eigenvalue weighted by Crippen LogP contribution is -2.32. The molecule has 6 aliphatic rings. The molecule has 12 rings (SSSR count). The molecule has 5 aliphatic carbocycles. The van der Waals surface area contributed by atoms with Crippen LogP contribution in [-0.2, 0) is 0 Å². The highest BCUT2D eigenvalue weighted by Gasteiger charge is 2.47. The van der Waals surface area contributed by atoms with Crippen LogP contribution in [0.4, 0.5) is 0 Å². The van der Waals surface area contributed by atoms with Gasteiger partial charge in [0, 0.05) is 39.6 Å². The maximum atomic E-state index is 5.24. The van der Waals surface area contributed by atoms with E-state index in [0.717, 1.165) is 67.6 Å². The van der Waals surface area contributed by atoms with Gasteiger partial charge in [-0.3, -0.25) is 0 Å². The molecule has 3 nitrogen and oxygen atoms in total. The zero-order valence-electron chi connectivity index (χ0n) is 35.2. The normalized spacial score (nSPS) is 23.0. The van der Waals surface area contributed by atoms with Crippen molar-refractivity contribution < 1.29 is 0 Å². The summed E-state index contributed by atoms with van der Waals surface area (Å²) in [5.74, 6) is 1.49. The summed E-state index contributed by atoms with van der Waals surface area (Å²) < 4.78 is 2.46. The average molecular weight is 802 g/mol. The number of allylic oxidation sites excluding steroid dienone is 17. The summed E-state index contributed by atoms with van der Waals surface area (Å²) in [5.41, 5.74) is 17.9. The second-order valence-electron chi connectivity index (χ2n) is 18.0. The molecule has 3 heterocycles. The van der Waals surface area contributed by atoms with Crippen LogP contribution in [0.3, 0.4) is 0 Å². The lowest BCUT2D eigenvalue weighted by molar-refractivity contribution is 0.306. The molecule has 0 saturated carbocycles. The van der Waals surface area contributed by atoms with Crippen LogP contribution in [0.15, 0.2) is 205 Å². The first-order chi connectivity index (χ1) is 30.7. The van der Waals surface area contributed by atoms with E-state index >= 15 is 0 Å². The highest BCUT2D eigenvalue weighted by Crippen LogP contribution is 2.53. The molecule has 0 amide bonds. The molecule has 62 heavy (non-hydrogen) atoms. The molecular weight excluding hydrogens is 751 g/mol. The molecular formula is C59H51N3. The summed E-state index contributed by atoms with van der Waals surface area (Å²) in [4.78, 5) is 8.02. The van der Waals surface area contributed by atoms with Gasteiger partial charge in [0.1, 0.15) is 0 Å². The molecule has 0 bridgehead atoms. The van der Waals surface area contributed by atoms with Gasteiger partial charge in [0.15, 0.2) is 0 Å². The van der Waals surface area contributed by atoms with Gasteiger partial charge in [0.2, 0.25) is 0 Å². The predicted molar refractivity (Wildman–Crippen MR) is 259 cm³/mol. The quantitative estimate of drug-likeness (QED) is 0.150. The largest absolute Gasteiger partial charge is 0.341 e. The minimum atomic E-state index is 0.390. The molecule has 6 aromatic rings. The van der Waals surface area contributed by atoms with Gasteiger partial charge in [-0.1, -0.05) is 151 Å². The topological polar surface area (TPSA) is 21.1 Å². The maximum absolute atomic E-state index is 5.24. The van der Waals surface area contributed by atoms with Gasteiger partial charge < -0.3 is 9.47 Å². The average Bonchev–Trinajstić information content (AvgIpc) is 3.87. The molecule has 1 aliphatic heterocycles. The Kier molecular flexibility index (Phi) is 9.35. The van der Waals surface area contributed by atoms with E-state index in [-0.39, 0.29) is 0 Å². The Balaban J connectivity index is 0.943. The Morgan fingerprint density at radius 1 is 0.613 bits per heavy atom. The Hall–Kier alpha value is -6.71. The van der Waals surface area contributed by atoms with Crippen molar-refractivity contribution in [1.82, 2.24) is 14.5 Å². The van der Waals surface area contributed by atoms with Gasteiger partial charge in [-0.25, -0.2) is 4.98 Å². The van der Waals surface area contributed by atoms with Crippen LogP contribution >= 0.6 is 0 Å². The number of para-hydroxylation sites is 1. The Morgan fingerprint density at radius 3 is 2.27 bits per heavy atom. The van der Waals surface area contributed by atoms with Crippen LogP contribution in [0.2, 0.25) is 0 Å². The minimum Gasteiger partial charge on any atom is -0.341 e. The van der Waals surface area contributed by atoms with E-state index in [1.165, 1.54) is 67.5 Å². The van der Waals surface area contributed by atoms with Crippen LogP contribution in [0.25, 0.3) is 55.5 Å². The monoisotopic (exact) mass is 801 g/mol. The Morgan fingerprint density at radius 2 is 1.44 bits per heavy atom. The number of fused-ring (bicyclic) bond motifs is 6. The fourth-order valence-corrected chi connectivity index (χ4v) is 11.4. The van der Waals surface area contributed by atoms with E-state index in [2.05, 4.69) is 198 Å². The predicted octanol–water partition coefficient (Wildman–Crippen LogP) is 14.8. The Labute approximate surface area is 365 Å². The van der Waals surface area contributed by atoms with Crippen molar-refractivity contribution in [2.75, 3.05) is 0 Å². The van der Waals surface area contributed by atoms with Crippen LogP contribution in [0.1, 0.15) is 68.2 Å². The van der Waals surface area contributed by atoms with E-state index < -0.39 is 0 Å². The van der Waals surface area contributed by atoms with Crippen molar-refractivity contribution in [2.24, 2.45) is 17.8 Å². The van der Waals surface area contributed by atoms with Crippen molar-refractivity contribution in [3.8, 4) is 16.9 Å². The molecule has 302 valence electrons. The van der Waals surface area contributed by atoms with Gasteiger partial charge in [-0.2, -0.15) is 0 Å². The van der Waals surface area contributed by atoms with Crippen LogP contribution < -0.4 is 0 Å². The maximum Gasteiger partial charge on any atom is 0.0730 e.